The maximum atomic E-state index is 10.1. The highest BCUT2D eigenvalue weighted by atomic mass is 16.7. The minimum Gasteiger partial charge on any atom is -0.508 e. The van der Waals surface area contributed by atoms with Gasteiger partial charge in [0.05, 0.1) is 29.8 Å². The Morgan fingerprint density at radius 2 is 2.00 bits per heavy atom. The van der Waals surface area contributed by atoms with Gasteiger partial charge >= 0.3 is 0 Å². The zero-order chi connectivity index (χ0) is 18.9. The number of fused-ring (bicyclic) bond motifs is 2. The van der Waals surface area contributed by atoms with E-state index in [0.717, 1.165) is 18.5 Å². The highest BCUT2D eigenvalue weighted by Crippen LogP contribution is 2.42. The molecule has 2 aromatic carbocycles. The minimum atomic E-state index is 0.0181. The summed E-state index contributed by atoms with van der Waals surface area (Å²) in [5, 5.41) is 14.1. The average Bonchev–Trinajstić information content (AvgIpc) is 3.18. The van der Waals surface area contributed by atoms with Crippen LogP contribution in [0, 0.1) is 0 Å². The molecule has 8 nitrogen and oxygen atoms in total. The van der Waals surface area contributed by atoms with Crippen LogP contribution in [0.1, 0.15) is 12.8 Å². The summed E-state index contributed by atoms with van der Waals surface area (Å²) in [7, 11) is 0. The molecule has 1 fully saturated rings. The minimum absolute atomic E-state index is 0.0181. The van der Waals surface area contributed by atoms with Crippen molar-refractivity contribution in [2.24, 2.45) is 0 Å². The number of phenolic OH excluding ortho intramolecular Hbond substituents is 1. The molecule has 3 heterocycles. The van der Waals surface area contributed by atoms with Crippen molar-refractivity contribution in [3.05, 3.63) is 36.7 Å². The number of hydrogen-bond acceptors (Lipinski definition) is 8. The molecule has 5 rings (SSSR count). The smallest absolute Gasteiger partial charge is 0.231 e. The van der Waals surface area contributed by atoms with Gasteiger partial charge in [-0.05, 0) is 12.1 Å². The lowest BCUT2D eigenvalue weighted by Crippen LogP contribution is -2.26. The summed E-state index contributed by atoms with van der Waals surface area (Å²) in [4.78, 5) is 8.70. The first kappa shape index (κ1) is 16.9. The summed E-state index contributed by atoms with van der Waals surface area (Å²) in [5.74, 6) is 2.52. The molecule has 28 heavy (non-hydrogen) atoms. The van der Waals surface area contributed by atoms with E-state index in [1.54, 1.807) is 12.1 Å². The molecule has 0 saturated carbocycles. The van der Waals surface area contributed by atoms with E-state index in [-0.39, 0.29) is 18.6 Å². The summed E-state index contributed by atoms with van der Waals surface area (Å²) in [6.07, 6.45) is 3.06. The SMILES string of the molecule is Oc1cc(OC2CCOCC2)c2c(Nc3cccc4c3OCO4)ncnc2c1. The standard InChI is InChI=1S/C20H19N3O5/c24-12-8-15-18(17(9-12)28-13-4-6-25-7-5-13)20(22-10-21-15)23-14-2-1-3-16-19(14)27-11-26-16/h1-3,8-10,13,24H,4-7,11H2,(H,21,22,23). The fourth-order valence-electron chi connectivity index (χ4n) is 3.46. The van der Waals surface area contributed by atoms with Crippen molar-refractivity contribution in [1.82, 2.24) is 9.97 Å². The van der Waals surface area contributed by atoms with Crippen molar-refractivity contribution in [2.75, 3.05) is 25.3 Å². The van der Waals surface area contributed by atoms with E-state index in [0.29, 0.717) is 47.2 Å². The van der Waals surface area contributed by atoms with Gasteiger partial charge in [0.25, 0.3) is 0 Å². The summed E-state index contributed by atoms with van der Waals surface area (Å²) in [6.45, 7) is 1.51. The Kier molecular flexibility index (Phi) is 4.25. The first-order valence-corrected chi connectivity index (χ1v) is 9.16. The summed E-state index contributed by atoms with van der Waals surface area (Å²) in [6, 6.07) is 8.81. The number of nitrogens with one attached hydrogen (secondary N) is 1. The van der Waals surface area contributed by atoms with E-state index in [4.69, 9.17) is 18.9 Å². The predicted octanol–water partition coefficient (Wildman–Crippen LogP) is 3.37. The fraction of sp³-hybridized carbons (Fsp3) is 0.300. The highest BCUT2D eigenvalue weighted by molar-refractivity contribution is 5.97. The van der Waals surface area contributed by atoms with Crippen molar-refractivity contribution in [2.45, 2.75) is 18.9 Å². The van der Waals surface area contributed by atoms with Gasteiger partial charge in [0, 0.05) is 25.0 Å². The molecule has 1 saturated heterocycles. The van der Waals surface area contributed by atoms with E-state index in [2.05, 4.69) is 15.3 Å². The van der Waals surface area contributed by atoms with Crippen LogP contribution >= 0.6 is 0 Å². The molecule has 0 radical (unpaired) electrons. The van der Waals surface area contributed by atoms with E-state index < -0.39 is 0 Å². The van der Waals surface area contributed by atoms with Crippen LogP contribution in [0.3, 0.4) is 0 Å². The van der Waals surface area contributed by atoms with Crippen molar-refractivity contribution in [1.29, 1.82) is 0 Å². The maximum Gasteiger partial charge on any atom is 0.231 e. The molecule has 0 spiro atoms. The number of benzene rings is 2. The Morgan fingerprint density at radius 1 is 1.11 bits per heavy atom. The molecule has 0 amide bonds. The Bertz CT molecular complexity index is 1020. The molecule has 2 aliphatic rings. The highest BCUT2D eigenvalue weighted by Gasteiger charge is 2.21. The van der Waals surface area contributed by atoms with Crippen LogP contribution in [0.4, 0.5) is 11.5 Å². The van der Waals surface area contributed by atoms with Crippen LogP contribution in [0.25, 0.3) is 10.9 Å². The normalized spacial score (nSPS) is 16.3. The number of para-hydroxylation sites is 1. The van der Waals surface area contributed by atoms with E-state index in [1.807, 2.05) is 18.2 Å². The van der Waals surface area contributed by atoms with Gasteiger partial charge in [0.1, 0.15) is 29.7 Å². The number of aromatic nitrogens is 2. The van der Waals surface area contributed by atoms with Crippen LogP contribution in [0.15, 0.2) is 36.7 Å². The van der Waals surface area contributed by atoms with Gasteiger partial charge in [-0.1, -0.05) is 6.07 Å². The third-order valence-electron chi connectivity index (χ3n) is 4.80. The summed E-state index contributed by atoms with van der Waals surface area (Å²) < 4.78 is 22.6. The van der Waals surface area contributed by atoms with Gasteiger partial charge in [-0.3, -0.25) is 0 Å². The van der Waals surface area contributed by atoms with Gasteiger partial charge in [0.2, 0.25) is 6.79 Å². The van der Waals surface area contributed by atoms with Crippen LogP contribution in [0.5, 0.6) is 23.0 Å². The molecule has 0 atom stereocenters. The fourth-order valence-corrected chi connectivity index (χ4v) is 3.46. The molecule has 1 aromatic heterocycles. The molecule has 0 aliphatic carbocycles. The van der Waals surface area contributed by atoms with Gasteiger partial charge < -0.3 is 29.4 Å². The number of hydrogen-bond donors (Lipinski definition) is 2. The van der Waals surface area contributed by atoms with Gasteiger partial charge in [-0.25, -0.2) is 9.97 Å². The molecule has 144 valence electrons. The lowest BCUT2D eigenvalue weighted by atomic mass is 10.1. The zero-order valence-corrected chi connectivity index (χ0v) is 15.1. The second-order valence-corrected chi connectivity index (χ2v) is 6.65. The monoisotopic (exact) mass is 381 g/mol. The second kappa shape index (κ2) is 7.05. The van der Waals surface area contributed by atoms with E-state index in [1.165, 1.54) is 6.33 Å². The Hall–Kier alpha value is -3.26. The number of rotatable bonds is 4. The van der Waals surface area contributed by atoms with Gasteiger partial charge in [-0.15, -0.1) is 0 Å². The maximum absolute atomic E-state index is 10.1. The van der Waals surface area contributed by atoms with Gasteiger partial charge in [0.15, 0.2) is 11.5 Å². The Labute approximate surface area is 161 Å². The third kappa shape index (κ3) is 3.11. The number of aromatic hydroxyl groups is 1. The van der Waals surface area contributed by atoms with Crippen molar-refractivity contribution < 1.29 is 24.1 Å². The van der Waals surface area contributed by atoms with Crippen LogP contribution in [-0.4, -0.2) is 41.2 Å². The van der Waals surface area contributed by atoms with E-state index in [9.17, 15) is 5.11 Å². The van der Waals surface area contributed by atoms with Crippen LogP contribution in [-0.2, 0) is 4.74 Å². The molecule has 0 bridgehead atoms. The van der Waals surface area contributed by atoms with Crippen molar-refractivity contribution >= 4 is 22.4 Å². The second-order valence-electron chi connectivity index (χ2n) is 6.65. The summed E-state index contributed by atoms with van der Waals surface area (Å²) >= 11 is 0. The predicted molar refractivity (Wildman–Crippen MR) is 102 cm³/mol. The number of anilines is 2. The van der Waals surface area contributed by atoms with E-state index >= 15 is 0 Å². The van der Waals surface area contributed by atoms with Crippen molar-refractivity contribution in [3.8, 4) is 23.0 Å². The van der Waals surface area contributed by atoms with Crippen LogP contribution in [0.2, 0.25) is 0 Å². The zero-order valence-electron chi connectivity index (χ0n) is 15.1. The third-order valence-corrected chi connectivity index (χ3v) is 4.80. The number of phenols is 1. The molecule has 2 aliphatic heterocycles. The number of ether oxygens (including phenoxy) is 4. The molecule has 8 heteroatoms. The quantitative estimate of drug-likeness (QED) is 0.710. The lowest BCUT2D eigenvalue weighted by molar-refractivity contribution is 0.0261. The molecule has 2 N–H and O–H groups in total. The molecule has 3 aromatic rings. The first-order chi connectivity index (χ1) is 13.8. The molecule has 0 unspecified atom stereocenters. The number of nitrogens with zero attached hydrogens (tertiary/aromatic N) is 2. The summed E-state index contributed by atoms with van der Waals surface area (Å²) in [5.41, 5.74) is 1.32. The first-order valence-electron chi connectivity index (χ1n) is 9.16. The van der Waals surface area contributed by atoms with Crippen molar-refractivity contribution in [3.63, 3.8) is 0 Å². The van der Waals surface area contributed by atoms with Gasteiger partial charge in [-0.2, -0.15) is 0 Å². The molecular formula is C20H19N3O5. The largest absolute Gasteiger partial charge is 0.508 e. The Morgan fingerprint density at radius 3 is 2.89 bits per heavy atom. The van der Waals surface area contributed by atoms with Crippen LogP contribution < -0.4 is 19.5 Å². The lowest BCUT2D eigenvalue weighted by Gasteiger charge is -2.24. The Balaban J connectivity index is 1.56. The molecular weight excluding hydrogens is 362 g/mol. The topological polar surface area (TPSA) is 95.0 Å². The average molecular weight is 381 g/mol.